The van der Waals surface area contributed by atoms with Gasteiger partial charge in [-0.1, -0.05) is 32.9 Å². The van der Waals surface area contributed by atoms with Crippen molar-refractivity contribution in [3.63, 3.8) is 0 Å². The summed E-state index contributed by atoms with van der Waals surface area (Å²) in [6.45, 7) is 7.07. The van der Waals surface area contributed by atoms with Crippen molar-refractivity contribution in [2.24, 2.45) is 23.0 Å². The molecule has 4 rings (SSSR count). The zero-order valence-electron chi connectivity index (χ0n) is 16.9. The molecule has 148 valence electrons. The van der Waals surface area contributed by atoms with E-state index in [0.717, 1.165) is 39.9 Å². The van der Waals surface area contributed by atoms with Crippen LogP contribution in [0.5, 0.6) is 0 Å². The van der Waals surface area contributed by atoms with Gasteiger partial charge in [0.25, 0.3) is 0 Å². The third-order valence-electron chi connectivity index (χ3n) is 7.04. The first-order chi connectivity index (χ1) is 13.3. The molecule has 5 heteroatoms. The van der Waals surface area contributed by atoms with Crippen LogP contribution in [0.15, 0.2) is 42.7 Å². The van der Waals surface area contributed by atoms with E-state index in [9.17, 15) is 5.11 Å². The van der Waals surface area contributed by atoms with Crippen LogP contribution in [0.1, 0.15) is 51.0 Å². The molecular formula is C23H30N4O. The van der Waals surface area contributed by atoms with E-state index in [0.29, 0.717) is 11.8 Å². The molecule has 0 amide bonds. The lowest BCUT2D eigenvalue weighted by atomic mass is 9.73. The standard InChI is InChI=1S/C23H30N4O/c1-14-7-8-17(23(14,2)3)11-19-20(22(25)28)12-26-27-13-16(10-21(19)27)15-5-4-6-18(24)9-15/h4-6,9-10,12-14,17,22,28H,7-8,11,24-25H2,1-3H3. The van der Waals surface area contributed by atoms with Gasteiger partial charge in [0.2, 0.25) is 0 Å². The molecule has 1 aromatic carbocycles. The number of aliphatic hydroxyl groups is 1. The van der Waals surface area contributed by atoms with E-state index in [1.807, 2.05) is 35.0 Å². The van der Waals surface area contributed by atoms with E-state index in [1.54, 1.807) is 6.20 Å². The van der Waals surface area contributed by atoms with Crippen LogP contribution in [0.3, 0.4) is 0 Å². The lowest BCUT2D eigenvalue weighted by Crippen LogP contribution is -2.26. The molecule has 2 aromatic heterocycles. The van der Waals surface area contributed by atoms with Crippen molar-refractivity contribution in [1.82, 2.24) is 9.61 Å². The van der Waals surface area contributed by atoms with Gasteiger partial charge in [-0.2, -0.15) is 5.10 Å². The molecule has 3 atom stereocenters. The second kappa shape index (κ2) is 6.90. The summed E-state index contributed by atoms with van der Waals surface area (Å²) in [5, 5.41) is 14.7. The summed E-state index contributed by atoms with van der Waals surface area (Å²) in [5.74, 6) is 1.24. The number of rotatable bonds is 4. The molecule has 1 aliphatic rings. The molecule has 1 aliphatic carbocycles. The molecule has 5 N–H and O–H groups in total. The van der Waals surface area contributed by atoms with Crippen molar-refractivity contribution >= 4 is 11.2 Å². The number of hydrogen-bond acceptors (Lipinski definition) is 4. The molecule has 3 aromatic rings. The number of anilines is 1. The van der Waals surface area contributed by atoms with Crippen molar-refractivity contribution in [2.45, 2.75) is 46.3 Å². The minimum absolute atomic E-state index is 0.264. The van der Waals surface area contributed by atoms with Gasteiger partial charge in [-0.15, -0.1) is 0 Å². The highest BCUT2D eigenvalue weighted by atomic mass is 16.3. The van der Waals surface area contributed by atoms with Crippen LogP contribution in [0.2, 0.25) is 0 Å². The van der Waals surface area contributed by atoms with Gasteiger partial charge in [-0.3, -0.25) is 0 Å². The molecule has 0 spiro atoms. The highest BCUT2D eigenvalue weighted by Gasteiger charge is 2.40. The Balaban J connectivity index is 1.82. The Hall–Kier alpha value is -2.37. The van der Waals surface area contributed by atoms with Gasteiger partial charge in [0.15, 0.2) is 0 Å². The molecular weight excluding hydrogens is 348 g/mol. The zero-order valence-corrected chi connectivity index (χ0v) is 16.9. The second-order valence-corrected chi connectivity index (χ2v) is 8.91. The van der Waals surface area contributed by atoms with E-state index in [4.69, 9.17) is 11.5 Å². The lowest BCUT2D eigenvalue weighted by molar-refractivity contribution is 0.178. The van der Waals surface area contributed by atoms with Gasteiger partial charge in [0, 0.05) is 23.0 Å². The molecule has 2 heterocycles. The number of fused-ring (bicyclic) bond motifs is 1. The molecule has 1 fully saturated rings. The molecule has 3 unspecified atom stereocenters. The number of aromatic nitrogens is 2. The van der Waals surface area contributed by atoms with Crippen LogP contribution in [0, 0.1) is 17.3 Å². The van der Waals surface area contributed by atoms with Crippen LogP contribution in [0.4, 0.5) is 5.69 Å². The third-order valence-corrected chi connectivity index (χ3v) is 7.04. The molecule has 5 nitrogen and oxygen atoms in total. The fourth-order valence-corrected chi connectivity index (χ4v) is 4.69. The van der Waals surface area contributed by atoms with Crippen molar-refractivity contribution in [3.05, 3.63) is 53.9 Å². The number of benzene rings is 1. The summed E-state index contributed by atoms with van der Waals surface area (Å²) in [7, 11) is 0. The first-order valence-electron chi connectivity index (χ1n) is 10.1. The highest BCUT2D eigenvalue weighted by molar-refractivity contribution is 5.74. The Morgan fingerprint density at radius 2 is 2.04 bits per heavy atom. The Morgan fingerprint density at radius 1 is 1.25 bits per heavy atom. The smallest absolute Gasteiger partial charge is 0.130 e. The molecule has 1 saturated carbocycles. The van der Waals surface area contributed by atoms with Crippen LogP contribution in [-0.4, -0.2) is 14.7 Å². The summed E-state index contributed by atoms with van der Waals surface area (Å²) in [6, 6.07) is 9.99. The van der Waals surface area contributed by atoms with E-state index in [2.05, 4.69) is 31.9 Å². The monoisotopic (exact) mass is 378 g/mol. The van der Waals surface area contributed by atoms with Gasteiger partial charge < -0.3 is 16.6 Å². The number of aliphatic hydroxyl groups excluding tert-OH is 1. The van der Waals surface area contributed by atoms with Crippen molar-refractivity contribution < 1.29 is 5.11 Å². The first-order valence-corrected chi connectivity index (χ1v) is 10.1. The Kier molecular flexibility index (Phi) is 4.68. The van der Waals surface area contributed by atoms with E-state index in [1.165, 1.54) is 12.8 Å². The number of nitrogens with two attached hydrogens (primary N) is 2. The molecule has 0 aliphatic heterocycles. The maximum atomic E-state index is 10.2. The average Bonchev–Trinajstić information content (AvgIpc) is 3.18. The minimum atomic E-state index is -1.03. The van der Waals surface area contributed by atoms with Crippen LogP contribution in [-0.2, 0) is 6.42 Å². The van der Waals surface area contributed by atoms with E-state index >= 15 is 0 Å². The Labute approximate surface area is 166 Å². The highest BCUT2D eigenvalue weighted by Crippen LogP contribution is 2.49. The maximum Gasteiger partial charge on any atom is 0.130 e. The van der Waals surface area contributed by atoms with Crippen LogP contribution in [0.25, 0.3) is 16.6 Å². The van der Waals surface area contributed by atoms with Crippen LogP contribution >= 0.6 is 0 Å². The fourth-order valence-electron chi connectivity index (χ4n) is 4.69. The van der Waals surface area contributed by atoms with Gasteiger partial charge >= 0.3 is 0 Å². The SMILES string of the molecule is CC1CCC(Cc2c(C(N)O)cnn3cc(-c4cccc(N)c4)cc23)C1(C)C. The zero-order chi connectivity index (χ0) is 20.1. The van der Waals surface area contributed by atoms with E-state index < -0.39 is 6.23 Å². The fraction of sp³-hybridized carbons (Fsp3) is 0.435. The Bertz CT molecular complexity index is 1010. The summed E-state index contributed by atoms with van der Waals surface area (Å²) in [4.78, 5) is 0. The summed E-state index contributed by atoms with van der Waals surface area (Å²) in [5.41, 5.74) is 17.8. The second-order valence-electron chi connectivity index (χ2n) is 8.91. The van der Waals surface area contributed by atoms with Crippen molar-refractivity contribution in [3.8, 4) is 11.1 Å². The molecule has 0 bridgehead atoms. The summed E-state index contributed by atoms with van der Waals surface area (Å²) < 4.78 is 1.89. The first kappa shape index (κ1) is 19.0. The topological polar surface area (TPSA) is 89.6 Å². The quantitative estimate of drug-likeness (QED) is 0.470. The third kappa shape index (κ3) is 3.19. The number of nitrogen functional groups attached to an aromatic ring is 1. The lowest BCUT2D eigenvalue weighted by Gasteiger charge is -2.32. The molecule has 0 saturated heterocycles. The molecule has 0 radical (unpaired) electrons. The number of nitrogens with zero attached hydrogens (tertiary/aromatic N) is 2. The summed E-state index contributed by atoms with van der Waals surface area (Å²) in [6.07, 6.45) is 6.04. The average molecular weight is 379 g/mol. The predicted octanol–water partition coefficient (Wildman–Crippen LogP) is 4.15. The summed E-state index contributed by atoms with van der Waals surface area (Å²) >= 11 is 0. The van der Waals surface area contributed by atoms with Crippen molar-refractivity contribution in [1.29, 1.82) is 0 Å². The van der Waals surface area contributed by atoms with Gasteiger partial charge in [0.1, 0.15) is 6.23 Å². The largest absolute Gasteiger partial charge is 0.399 e. The van der Waals surface area contributed by atoms with E-state index in [-0.39, 0.29) is 5.41 Å². The predicted molar refractivity (Wildman–Crippen MR) is 114 cm³/mol. The van der Waals surface area contributed by atoms with Crippen molar-refractivity contribution in [2.75, 3.05) is 5.73 Å². The molecule has 28 heavy (non-hydrogen) atoms. The van der Waals surface area contributed by atoms with Crippen LogP contribution < -0.4 is 11.5 Å². The Morgan fingerprint density at radius 3 is 2.68 bits per heavy atom. The minimum Gasteiger partial charge on any atom is -0.399 e. The van der Waals surface area contributed by atoms with Gasteiger partial charge in [-0.05, 0) is 65.8 Å². The van der Waals surface area contributed by atoms with Gasteiger partial charge in [-0.25, -0.2) is 4.52 Å². The maximum absolute atomic E-state index is 10.2. The normalized spacial score (nSPS) is 22.6. The van der Waals surface area contributed by atoms with Gasteiger partial charge in [0.05, 0.1) is 11.7 Å². The number of hydrogen-bond donors (Lipinski definition) is 3.